The molecule has 0 saturated carbocycles. The molecule has 35 heavy (non-hydrogen) atoms. The molecule has 0 unspecified atom stereocenters. The van der Waals surface area contributed by atoms with Gasteiger partial charge in [0.15, 0.2) is 5.78 Å². The first-order valence-electron chi connectivity index (χ1n) is 12.2. The normalized spacial score (nSPS) is 11.8. The van der Waals surface area contributed by atoms with Crippen LogP contribution in [0.15, 0.2) is 72.6 Å². The number of nitrogens with zero attached hydrogens (tertiary/aromatic N) is 1. The molecule has 0 aliphatic rings. The number of ketones is 1. The first-order chi connectivity index (χ1) is 16.2. The van der Waals surface area contributed by atoms with Gasteiger partial charge in [-0.25, -0.2) is 4.98 Å². The Bertz CT molecular complexity index is 1080. The largest absolute Gasteiger partial charge is 0.512 e. The molecule has 191 valence electrons. The molecule has 2 aromatic carbocycles. The summed E-state index contributed by atoms with van der Waals surface area (Å²) in [5.74, 6) is 1.58. The number of hydrogen-bond donors (Lipinski definition) is 1. The van der Waals surface area contributed by atoms with Crippen molar-refractivity contribution in [1.29, 1.82) is 0 Å². The minimum atomic E-state index is -0.337. The monoisotopic (exact) mass is 653 g/mol. The van der Waals surface area contributed by atoms with Crippen LogP contribution in [0.4, 0.5) is 0 Å². The average molecular weight is 653 g/mol. The number of carbonyl (C=O) groups is 1. The molecule has 3 rings (SSSR count). The van der Waals surface area contributed by atoms with Crippen LogP contribution in [0.5, 0.6) is 11.6 Å². The quantitative estimate of drug-likeness (QED) is 0.143. The third-order valence-electron chi connectivity index (χ3n) is 7.13. The number of benzene rings is 2. The number of aliphatic hydroxyl groups is 1. The third-order valence-corrected chi connectivity index (χ3v) is 7.13. The van der Waals surface area contributed by atoms with E-state index in [4.69, 9.17) is 4.74 Å². The Morgan fingerprint density at radius 3 is 2.11 bits per heavy atom. The zero-order valence-electron chi connectivity index (χ0n) is 21.7. The van der Waals surface area contributed by atoms with E-state index in [0.29, 0.717) is 11.6 Å². The van der Waals surface area contributed by atoms with Crippen molar-refractivity contribution in [2.24, 2.45) is 10.8 Å². The first kappa shape index (κ1) is 30.5. The first-order valence-corrected chi connectivity index (χ1v) is 12.2. The number of rotatable bonds is 9. The number of aliphatic hydroxyl groups excluding tert-OH is 1. The minimum Gasteiger partial charge on any atom is -0.512 e. The van der Waals surface area contributed by atoms with Crippen LogP contribution in [0.3, 0.4) is 0 Å². The second-order valence-electron chi connectivity index (χ2n) is 9.10. The topological polar surface area (TPSA) is 59.4 Å². The molecule has 1 heterocycles. The molecule has 1 N–H and O–H groups in total. The Morgan fingerprint density at radius 2 is 1.54 bits per heavy atom. The fourth-order valence-electron chi connectivity index (χ4n) is 3.40. The summed E-state index contributed by atoms with van der Waals surface area (Å²) in [4.78, 5) is 16.4. The van der Waals surface area contributed by atoms with E-state index in [1.807, 2.05) is 96.1 Å². The van der Waals surface area contributed by atoms with Crippen molar-refractivity contribution in [3.05, 3.63) is 78.7 Å². The molecule has 0 aliphatic carbocycles. The van der Waals surface area contributed by atoms with Crippen LogP contribution >= 0.6 is 0 Å². The zero-order valence-corrected chi connectivity index (χ0v) is 24.1. The minimum absolute atomic E-state index is 0. The average Bonchev–Trinajstić information content (AvgIpc) is 2.88. The SMILES string of the molecule is CCC(C)(CC)C(=O)/C=C(\O)C(C)(CC)CC.[Ir].[c-]1ccccc1Oc1nccc2ccccc12. The Labute approximate surface area is 224 Å². The number of pyridine rings is 1. The molecule has 5 heteroatoms. The predicted octanol–water partition coefficient (Wildman–Crippen LogP) is 8.47. The van der Waals surface area contributed by atoms with Crippen molar-refractivity contribution in [3.8, 4) is 11.6 Å². The van der Waals surface area contributed by atoms with Crippen LogP contribution < -0.4 is 4.74 Å². The summed E-state index contributed by atoms with van der Waals surface area (Å²) in [5, 5.41) is 12.3. The second kappa shape index (κ2) is 14.2. The van der Waals surface area contributed by atoms with Gasteiger partial charge in [0.05, 0.1) is 0 Å². The third kappa shape index (κ3) is 8.02. The molecule has 0 bridgehead atoms. The van der Waals surface area contributed by atoms with E-state index < -0.39 is 0 Å². The van der Waals surface area contributed by atoms with E-state index in [0.717, 1.165) is 36.5 Å². The van der Waals surface area contributed by atoms with Gasteiger partial charge in [-0.1, -0.05) is 59.7 Å². The number of para-hydroxylation sites is 1. The summed E-state index contributed by atoms with van der Waals surface area (Å²) >= 11 is 0. The summed E-state index contributed by atoms with van der Waals surface area (Å²) in [7, 11) is 0. The number of carbonyl (C=O) groups excluding carboxylic acids is 1. The van der Waals surface area contributed by atoms with Gasteiger partial charge in [0, 0.05) is 54.3 Å². The molecular weight excluding hydrogens is 615 g/mol. The van der Waals surface area contributed by atoms with Crippen molar-refractivity contribution in [2.75, 3.05) is 0 Å². The van der Waals surface area contributed by atoms with Gasteiger partial charge in [-0.3, -0.25) is 4.79 Å². The number of ether oxygens (including phenoxy) is 1. The molecule has 0 amide bonds. The number of hydrogen-bond acceptors (Lipinski definition) is 4. The second-order valence-corrected chi connectivity index (χ2v) is 9.10. The van der Waals surface area contributed by atoms with Crippen LogP contribution in [0, 0.1) is 16.9 Å². The molecule has 4 nitrogen and oxygen atoms in total. The van der Waals surface area contributed by atoms with Gasteiger partial charge >= 0.3 is 0 Å². The van der Waals surface area contributed by atoms with E-state index in [1.165, 1.54) is 6.08 Å². The predicted molar refractivity (Wildman–Crippen MR) is 140 cm³/mol. The van der Waals surface area contributed by atoms with Crippen molar-refractivity contribution in [1.82, 2.24) is 4.98 Å². The van der Waals surface area contributed by atoms with E-state index in [2.05, 4.69) is 11.1 Å². The summed E-state index contributed by atoms with van der Waals surface area (Å²) in [6.07, 6.45) is 6.50. The molecule has 1 radical (unpaired) electrons. The van der Waals surface area contributed by atoms with Crippen molar-refractivity contribution in [3.63, 3.8) is 0 Å². The zero-order chi connectivity index (χ0) is 25.2. The summed E-state index contributed by atoms with van der Waals surface area (Å²) < 4.78 is 5.72. The van der Waals surface area contributed by atoms with Crippen molar-refractivity contribution >= 4 is 16.6 Å². The Hall–Kier alpha value is -2.49. The molecule has 0 aliphatic heterocycles. The fraction of sp³-hybridized carbons (Fsp3) is 0.400. The molecule has 1 aromatic heterocycles. The fourth-order valence-corrected chi connectivity index (χ4v) is 3.40. The van der Waals surface area contributed by atoms with Crippen LogP contribution in [0.1, 0.15) is 67.2 Å². The van der Waals surface area contributed by atoms with Crippen LogP contribution in [-0.2, 0) is 24.9 Å². The van der Waals surface area contributed by atoms with Gasteiger partial charge in [-0.05, 0) is 43.2 Å². The van der Waals surface area contributed by atoms with Crippen LogP contribution in [0.25, 0.3) is 10.8 Å². The maximum atomic E-state index is 12.2. The van der Waals surface area contributed by atoms with Gasteiger partial charge < -0.3 is 9.84 Å². The van der Waals surface area contributed by atoms with Gasteiger partial charge in [0.25, 0.3) is 0 Å². The summed E-state index contributed by atoms with van der Waals surface area (Å²) in [6.45, 7) is 12.1. The Morgan fingerprint density at radius 1 is 0.943 bits per heavy atom. The van der Waals surface area contributed by atoms with E-state index in [1.54, 1.807) is 6.20 Å². The van der Waals surface area contributed by atoms with Gasteiger partial charge in [0.1, 0.15) is 5.76 Å². The number of fused-ring (bicyclic) bond motifs is 1. The van der Waals surface area contributed by atoms with Crippen LogP contribution in [-0.4, -0.2) is 15.9 Å². The smallest absolute Gasteiger partial charge is 0.224 e. The Balaban J connectivity index is 0.000000340. The maximum absolute atomic E-state index is 12.2. The Kier molecular flexibility index (Phi) is 12.4. The van der Waals surface area contributed by atoms with E-state index in [-0.39, 0.29) is 42.5 Å². The molecule has 0 saturated heterocycles. The van der Waals surface area contributed by atoms with Gasteiger partial charge in [-0.15, -0.1) is 12.1 Å². The molecule has 0 fully saturated rings. The standard InChI is InChI=1S/C15H10NO.C15H28O2.Ir/c1-2-7-13(8-3-1)17-15-14-9-5-4-6-12(14)10-11-16-15;1-7-14(5,8-2)12(16)11-13(17)15(6,9-3)10-4;/h1-7,9-11H;11,16H,7-10H2,1-6H3;/q-1;;/b;12-11-;. The van der Waals surface area contributed by atoms with Gasteiger partial charge in [-0.2, -0.15) is 18.2 Å². The van der Waals surface area contributed by atoms with Crippen LogP contribution in [0.2, 0.25) is 0 Å². The van der Waals surface area contributed by atoms with Gasteiger partial charge in [0.2, 0.25) is 5.88 Å². The molecule has 3 aromatic rings. The summed E-state index contributed by atoms with van der Waals surface area (Å²) in [5.41, 5.74) is -0.603. The molecule has 0 spiro atoms. The van der Waals surface area contributed by atoms with Crippen molar-refractivity contribution < 1.29 is 34.7 Å². The molecular formula is C30H38IrNO3-. The number of allylic oxidation sites excluding steroid dienone is 2. The van der Waals surface area contributed by atoms with E-state index >= 15 is 0 Å². The van der Waals surface area contributed by atoms with E-state index in [9.17, 15) is 9.90 Å². The maximum Gasteiger partial charge on any atom is 0.224 e. The molecule has 0 atom stereocenters. The summed E-state index contributed by atoms with van der Waals surface area (Å²) in [6, 6.07) is 20.5. The van der Waals surface area contributed by atoms with Crippen molar-refractivity contribution in [2.45, 2.75) is 67.2 Å². The number of aromatic nitrogens is 1.